The van der Waals surface area contributed by atoms with E-state index >= 15 is 0 Å². The SMILES string of the molecule is CC[C@H](C(=O)NC(C)C)N(CCc1ccccc1)C(=O)CN(c1ccccc1F)S(=O)(=O)c1ccccc1. The van der Waals surface area contributed by atoms with Crippen molar-refractivity contribution < 1.29 is 22.4 Å². The third-order valence-corrected chi connectivity index (χ3v) is 7.81. The second kappa shape index (κ2) is 13.2. The van der Waals surface area contributed by atoms with Crippen LogP contribution in [-0.4, -0.2) is 50.3 Å². The highest BCUT2D eigenvalue weighted by Gasteiger charge is 2.34. The van der Waals surface area contributed by atoms with Crippen molar-refractivity contribution in [2.24, 2.45) is 0 Å². The highest BCUT2D eigenvalue weighted by molar-refractivity contribution is 7.92. The molecule has 0 saturated carbocycles. The Morgan fingerprint density at radius 3 is 2.05 bits per heavy atom. The first kappa shape index (κ1) is 28.8. The van der Waals surface area contributed by atoms with E-state index in [1.54, 1.807) is 25.1 Å². The van der Waals surface area contributed by atoms with E-state index in [1.807, 2.05) is 44.2 Å². The number of anilines is 1. The summed E-state index contributed by atoms with van der Waals surface area (Å²) < 4.78 is 43.0. The molecule has 0 bridgehead atoms. The van der Waals surface area contributed by atoms with E-state index < -0.39 is 34.3 Å². The van der Waals surface area contributed by atoms with Gasteiger partial charge in [-0.15, -0.1) is 0 Å². The van der Waals surface area contributed by atoms with Gasteiger partial charge in [0, 0.05) is 12.6 Å². The lowest BCUT2D eigenvalue weighted by Crippen LogP contribution is -2.54. The van der Waals surface area contributed by atoms with E-state index in [1.165, 1.54) is 35.2 Å². The summed E-state index contributed by atoms with van der Waals surface area (Å²) in [4.78, 5) is 28.2. The smallest absolute Gasteiger partial charge is 0.264 e. The van der Waals surface area contributed by atoms with Gasteiger partial charge in [-0.1, -0.05) is 67.6 Å². The van der Waals surface area contributed by atoms with Gasteiger partial charge in [0.15, 0.2) is 0 Å². The molecule has 3 rings (SSSR count). The van der Waals surface area contributed by atoms with Crippen molar-refractivity contribution in [3.05, 3.63) is 96.3 Å². The molecule has 0 saturated heterocycles. The lowest BCUT2D eigenvalue weighted by Gasteiger charge is -2.33. The van der Waals surface area contributed by atoms with Gasteiger partial charge in [-0.05, 0) is 56.5 Å². The highest BCUT2D eigenvalue weighted by atomic mass is 32.2. The van der Waals surface area contributed by atoms with Gasteiger partial charge in [-0.3, -0.25) is 13.9 Å². The topological polar surface area (TPSA) is 86.8 Å². The molecule has 0 spiro atoms. The molecule has 1 N–H and O–H groups in total. The monoisotopic (exact) mass is 539 g/mol. The number of sulfonamides is 1. The van der Waals surface area contributed by atoms with Crippen LogP contribution < -0.4 is 9.62 Å². The van der Waals surface area contributed by atoms with Crippen molar-refractivity contribution in [2.75, 3.05) is 17.4 Å². The Kier molecular flexibility index (Phi) is 10.0. The van der Waals surface area contributed by atoms with Gasteiger partial charge in [0.05, 0.1) is 10.6 Å². The molecule has 3 aromatic carbocycles. The van der Waals surface area contributed by atoms with Gasteiger partial charge in [0.1, 0.15) is 18.4 Å². The van der Waals surface area contributed by atoms with Gasteiger partial charge in [-0.25, -0.2) is 12.8 Å². The van der Waals surface area contributed by atoms with Gasteiger partial charge in [0.25, 0.3) is 10.0 Å². The van der Waals surface area contributed by atoms with E-state index in [2.05, 4.69) is 5.32 Å². The molecule has 0 heterocycles. The second-order valence-electron chi connectivity index (χ2n) is 9.19. The molecule has 0 aliphatic rings. The van der Waals surface area contributed by atoms with Crippen LogP contribution >= 0.6 is 0 Å². The second-order valence-corrected chi connectivity index (χ2v) is 11.0. The molecule has 0 fully saturated rings. The fraction of sp³-hybridized carbons (Fsp3) is 0.310. The van der Waals surface area contributed by atoms with Crippen LogP contribution in [0.4, 0.5) is 10.1 Å². The standard InChI is InChI=1S/C29H34FN3O4S/c1-4-26(29(35)31-22(2)3)32(20-19-23-13-7-5-8-14-23)28(34)21-33(27-18-12-11-17-25(27)30)38(36,37)24-15-9-6-10-16-24/h5-18,22,26H,4,19-21H2,1-3H3,(H,31,35)/t26-/m1/s1. The maximum absolute atomic E-state index is 14.9. The third-order valence-electron chi connectivity index (χ3n) is 6.03. The largest absolute Gasteiger partial charge is 0.352 e. The summed E-state index contributed by atoms with van der Waals surface area (Å²) in [6.45, 7) is 4.96. The fourth-order valence-corrected chi connectivity index (χ4v) is 5.61. The van der Waals surface area contributed by atoms with Gasteiger partial charge in [0.2, 0.25) is 11.8 Å². The number of nitrogens with one attached hydrogen (secondary N) is 1. The zero-order valence-electron chi connectivity index (χ0n) is 21.9. The van der Waals surface area contributed by atoms with Crippen molar-refractivity contribution >= 4 is 27.5 Å². The molecule has 2 amide bonds. The lowest BCUT2D eigenvalue weighted by atomic mass is 10.1. The minimum absolute atomic E-state index is 0.0727. The highest BCUT2D eigenvalue weighted by Crippen LogP contribution is 2.26. The molecular weight excluding hydrogens is 505 g/mol. The van der Waals surface area contributed by atoms with Crippen molar-refractivity contribution in [1.29, 1.82) is 0 Å². The molecule has 7 nitrogen and oxygen atoms in total. The van der Waals surface area contributed by atoms with Crippen molar-refractivity contribution in [3.8, 4) is 0 Å². The van der Waals surface area contributed by atoms with E-state index in [9.17, 15) is 22.4 Å². The summed E-state index contributed by atoms with van der Waals surface area (Å²) >= 11 is 0. The van der Waals surface area contributed by atoms with Crippen molar-refractivity contribution in [1.82, 2.24) is 10.2 Å². The van der Waals surface area contributed by atoms with Crippen LogP contribution in [0.3, 0.4) is 0 Å². The fourth-order valence-electron chi connectivity index (χ4n) is 4.16. The predicted molar refractivity (Wildman–Crippen MR) is 147 cm³/mol. The average molecular weight is 540 g/mol. The molecule has 0 radical (unpaired) electrons. The zero-order valence-corrected chi connectivity index (χ0v) is 22.7. The van der Waals surface area contributed by atoms with Crippen LogP contribution in [0.5, 0.6) is 0 Å². The van der Waals surface area contributed by atoms with Crippen LogP contribution in [0.2, 0.25) is 0 Å². The number of hydrogen-bond acceptors (Lipinski definition) is 4. The molecule has 38 heavy (non-hydrogen) atoms. The number of carbonyl (C=O) groups excluding carboxylic acids is 2. The van der Waals surface area contributed by atoms with E-state index in [4.69, 9.17) is 0 Å². The Morgan fingerprint density at radius 2 is 1.47 bits per heavy atom. The molecule has 9 heteroatoms. The molecule has 202 valence electrons. The zero-order chi connectivity index (χ0) is 27.7. The van der Waals surface area contributed by atoms with Crippen LogP contribution in [-0.2, 0) is 26.0 Å². The molecule has 3 aromatic rings. The van der Waals surface area contributed by atoms with E-state index in [0.29, 0.717) is 12.8 Å². The van der Waals surface area contributed by atoms with Gasteiger partial charge in [-0.2, -0.15) is 0 Å². The predicted octanol–water partition coefficient (Wildman–Crippen LogP) is 4.40. The number of amides is 2. The van der Waals surface area contributed by atoms with Gasteiger partial charge >= 0.3 is 0 Å². The number of nitrogens with zero attached hydrogens (tertiary/aromatic N) is 2. The molecule has 0 unspecified atom stereocenters. The number of carbonyl (C=O) groups is 2. The van der Waals surface area contributed by atoms with Crippen LogP contribution in [0.25, 0.3) is 0 Å². The van der Waals surface area contributed by atoms with Gasteiger partial charge < -0.3 is 10.2 Å². The molecule has 1 atom stereocenters. The third kappa shape index (κ3) is 7.19. The average Bonchev–Trinajstić information content (AvgIpc) is 2.90. The normalized spacial score (nSPS) is 12.1. The summed E-state index contributed by atoms with van der Waals surface area (Å²) in [5, 5.41) is 2.85. The number of para-hydroxylation sites is 1. The summed E-state index contributed by atoms with van der Waals surface area (Å²) in [6.07, 6.45) is 0.785. The number of hydrogen-bond donors (Lipinski definition) is 1. The summed E-state index contributed by atoms with van der Waals surface area (Å²) in [6, 6.07) is 21.5. The summed E-state index contributed by atoms with van der Waals surface area (Å²) in [7, 11) is -4.30. The number of benzene rings is 3. The number of halogens is 1. The Hall–Kier alpha value is -3.72. The first-order valence-corrected chi connectivity index (χ1v) is 14.0. The first-order chi connectivity index (χ1) is 18.1. The van der Waals surface area contributed by atoms with Crippen LogP contribution in [0.1, 0.15) is 32.8 Å². The van der Waals surface area contributed by atoms with Crippen molar-refractivity contribution in [2.45, 2.75) is 50.6 Å². The maximum Gasteiger partial charge on any atom is 0.264 e. The van der Waals surface area contributed by atoms with Crippen molar-refractivity contribution in [3.63, 3.8) is 0 Å². The van der Waals surface area contributed by atoms with E-state index in [-0.39, 0.29) is 29.1 Å². The minimum atomic E-state index is -4.30. The van der Waals surface area contributed by atoms with Crippen LogP contribution in [0.15, 0.2) is 89.8 Å². The molecule has 0 aromatic heterocycles. The Labute approximate surface area is 224 Å². The number of rotatable bonds is 12. The van der Waals surface area contributed by atoms with Crippen LogP contribution in [0, 0.1) is 5.82 Å². The Bertz CT molecular complexity index is 1320. The summed E-state index contributed by atoms with van der Waals surface area (Å²) in [5.74, 6) is -1.71. The molecular formula is C29H34FN3O4S. The Balaban J connectivity index is 2.01. The summed E-state index contributed by atoms with van der Waals surface area (Å²) in [5.41, 5.74) is 0.722. The van der Waals surface area contributed by atoms with E-state index in [0.717, 1.165) is 15.9 Å². The molecule has 0 aliphatic carbocycles. The Morgan fingerprint density at radius 1 is 0.895 bits per heavy atom. The maximum atomic E-state index is 14.9. The first-order valence-electron chi connectivity index (χ1n) is 12.6. The quantitative estimate of drug-likeness (QED) is 0.370. The minimum Gasteiger partial charge on any atom is -0.352 e. The lowest BCUT2D eigenvalue weighted by molar-refractivity contribution is -0.139. The molecule has 0 aliphatic heterocycles.